The fourth-order valence-corrected chi connectivity index (χ4v) is 2.82. The Bertz CT molecular complexity index is 929. The summed E-state index contributed by atoms with van der Waals surface area (Å²) in [7, 11) is 0. The summed E-state index contributed by atoms with van der Waals surface area (Å²) < 4.78 is 5.11. The van der Waals surface area contributed by atoms with Crippen molar-refractivity contribution in [2.75, 3.05) is 6.61 Å². The zero-order valence-electron chi connectivity index (χ0n) is 13.3. The van der Waals surface area contributed by atoms with E-state index in [1.54, 1.807) is 13.8 Å². The Morgan fingerprint density at radius 3 is 2.58 bits per heavy atom. The molecule has 6 nitrogen and oxygen atoms in total. The van der Waals surface area contributed by atoms with Gasteiger partial charge in [0.15, 0.2) is 0 Å². The minimum atomic E-state index is -0.528. The average molecular weight is 324 g/mol. The summed E-state index contributed by atoms with van der Waals surface area (Å²) in [5.41, 5.74) is 2.67. The molecule has 0 bridgehead atoms. The summed E-state index contributed by atoms with van der Waals surface area (Å²) in [5.74, 6) is -0.528. The van der Waals surface area contributed by atoms with Gasteiger partial charge in [0.1, 0.15) is 11.2 Å². The fourth-order valence-electron chi connectivity index (χ4n) is 2.82. The molecule has 24 heavy (non-hydrogen) atoms. The Morgan fingerprint density at radius 1 is 1.25 bits per heavy atom. The maximum Gasteiger partial charge on any atom is 0.355 e. The van der Waals surface area contributed by atoms with Crippen molar-refractivity contribution in [3.63, 3.8) is 0 Å². The second-order valence-corrected chi connectivity index (χ2v) is 5.43. The highest BCUT2D eigenvalue weighted by Crippen LogP contribution is 2.37. The normalized spacial score (nSPS) is 10.8. The molecular weight excluding hydrogens is 308 g/mol. The molecule has 1 aromatic heterocycles. The Balaban J connectivity index is 2.39. The largest absolute Gasteiger partial charge is 0.461 e. The number of hydrogen-bond donors (Lipinski definition) is 1. The van der Waals surface area contributed by atoms with Crippen molar-refractivity contribution in [2.24, 2.45) is 0 Å². The maximum absolute atomic E-state index is 12.4. The van der Waals surface area contributed by atoms with Gasteiger partial charge < -0.3 is 9.72 Å². The number of esters is 1. The molecule has 0 aliphatic heterocycles. The number of nitrogens with zero attached hydrogens (tertiary/aromatic N) is 1. The smallest absolute Gasteiger partial charge is 0.355 e. The average Bonchev–Trinajstić information content (AvgIpc) is 2.94. The van der Waals surface area contributed by atoms with Crippen molar-refractivity contribution in [1.82, 2.24) is 4.98 Å². The van der Waals surface area contributed by atoms with E-state index in [0.717, 1.165) is 11.1 Å². The maximum atomic E-state index is 12.4. The predicted molar refractivity (Wildman–Crippen MR) is 91.1 cm³/mol. The first-order valence-electron chi connectivity index (χ1n) is 7.56. The van der Waals surface area contributed by atoms with Gasteiger partial charge in [0.25, 0.3) is 5.69 Å². The van der Waals surface area contributed by atoms with Crippen LogP contribution in [0.3, 0.4) is 0 Å². The predicted octanol–water partition coefficient (Wildman–Crippen LogP) is 4.23. The summed E-state index contributed by atoms with van der Waals surface area (Å²) in [5, 5.41) is 12.0. The Kier molecular flexibility index (Phi) is 4.04. The van der Waals surface area contributed by atoms with Crippen LogP contribution >= 0.6 is 0 Å². The minimum Gasteiger partial charge on any atom is -0.461 e. The van der Waals surface area contributed by atoms with Crippen LogP contribution < -0.4 is 0 Å². The van der Waals surface area contributed by atoms with Gasteiger partial charge in [0.2, 0.25) is 0 Å². The molecule has 3 aromatic rings. The van der Waals surface area contributed by atoms with Gasteiger partial charge in [-0.15, -0.1) is 0 Å². The fraction of sp³-hybridized carbons (Fsp3) is 0.167. The number of nitro groups is 1. The topological polar surface area (TPSA) is 85.2 Å². The molecule has 0 amide bonds. The number of non-ortho nitro benzene ring substituents is 1. The molecule has 0 radical (unpaired) electrons. The number of aryl methyl sites for hydroxylation is 1. The molecule has 0 fully saturated rings. The molecule has 0 spiro atoms. The Morgan fingerprint density at radius 2 is 1.96 bits per heavy atom. The number of carbonyl (C=O) groups is 1. The third kappa shape index (κ3) is 2.62. The number of carbonyl (C=O) groups excluding carboxylic acids is 1. The van der Waals surface area contributed by atoms with Crippen molar-refractivity contribution < 1.29 is 14.5 Å². The van der Waals surface area contributed by atoms with Crippen molar-refractivity contribution in [3.05, 3.63) is 63.8 Å². The molecule has 6 heteroatoms. The van der Waals surface area contributed by atoms with E-state index in [2.05, 4.69) is 4.98 Å². The van der Waals surface area contributed by atoms with Gasteiger partial charge in [-0.3, -0.25) is 10.1 Å². The van der Waals surface area contributed by atoms with Gasteiger partial charge in [0, 0.05) is 17.0 Å². The molecule has 0 unspecified atom stereocenters. The lowest BCUT2D eigenvalue weighted by Gasteiger charge is -2.05. The first kappa shape index (κ1) is 15.7. The number of nitrogens with one attached hydrogen (secondary N) is 1. The van der Waals surface area contributed by atoms with Crippen LogP contribution in [0.15, 0.2) is 42.5 Å². The van der Waals surface area contributed by atoms with E-state index in [0.29, 0.717) is 16.5 Å². The van der Waals surface area contributed by atoms with Crippen LogP contribution in [0, 0.1) is 17.0 Å². The monoisotopic (exact) mass is 324 g/mol. The van der Waals surface area contributed by atoms with Crippen LogP contribution in [0.4, 0.5) is 5.69 Å². The zero-order valence-corrected chi connectivity index (χ0v) is 13.3. The highest BCUT2D eigenvalue weighted by atomic mass is 16.6. The van der Waals surface area contributed by atoms with E-state index in [1.807, 2.05) is 36.4 Å². The summed E-state index contributed by atoms with van der Waals surface area (Å²) >= 11 is 0. The van der Waals surface area contributed by atoms with Crippen molar-refractivity contribution in [3.8, 4) is 11.1 Å². The number of benzene rings is 2. The van der Waals surface area contributed by atoms with E-state index in [9.17, 15) is 14.9 Å². The summed E-state index contributed by atoms with van der Waals surface area (Å²) in [6.45, 7) is 3.73. The molecule has 0 saturated heterocycles. The number of aromatic amines is 1. The third-order valence-corrected chi connectivity index (χ3v) is 3.77. The van der Waals surface area contributed by atoms with E-state index >= 15 is 0 Å². The Labute approximate surface area is 138 Å². The molecule has 0 aliphatic rings. The molecule has 1 N–H and O–H groups in total. The number of aromatic nitrogens is 1. The number of fused-ring (bicyclic) bond motifs is 1. The van der Waals surface area contributed by atoms with E-state index in [-0.39, 0.29) is 18.0 Å². The molecule has 0 saturated carbocycles. The molecule has 122 valence electrons. The zero-order chi connectivity index (χ0) is 17.3. The summed E-state index contributed by atoms with van der Waals surface area (Å²) in [6, 6.07) is 12.6. The van der Waals surface area contributed by atoms with Gasteiger partial charge >= 0.3 is 5.97 Å². The van der Waals surface area contributed by atoms with Gasteiger partial charge in [-0.05, 0) is 31.0 Å². The molecular formula is C18H16N2O4. The number of rotatable bonds is 4. The second-order valence-electron chi connectivity index (χ2n) is 5.43. The van der Waals surface area contributed by atoms with Crippen molar-refractivity contribution >= 4 is 22.6 Å². The number of hydrogen-bond acceptors (Lipinski definition) is 4. The lowest BCUT2D eigenvalue weighted by Crippen LogP contribution is -2.06. The van der Waals surface area contributed by atoms with E-state index < -0.39 is 10.9 Å². The van der Waals surface area contributed by atoms with Crippen molar-refractivity contribution in [1.29, 1.82) is 0 Å². The SMILES string of the molecule is CCOC(=O)c1[nH]c2c([N+](=O)[O-])cc(C)cc2c1-c1ccccc1. The van der Waals surface area contributed by atoms with Crippen LogP contribution in [0.2, 0.25) is 0 Å². The first-order chi connectivity index (χ1) is 11.5. The molecule has 0 atom stereocenters. The molecule has 0 aliphatic carbocycles. The van der Waals surface area contributed by atoms with E-state index in [1.165, 1.54) is 6.07 Å². The molecule has 2 aromatic carbocycles. The van der Waals surface area contributed by atoms with Crippen molar-refractivity contribution in [2.45, 2.75) is 13.8 Å². The van der Waals surface area contributed by atoms with Crippen LogP contribution in [-0.4, -0.2) is 22.5 Å². The number of nitro benzene ring substituents is 1. The molecule has 1 heterocycles. The Hall–Kier alpha value is -3.15. The van der Waals surface area contributed by atoms with E-state index in [4.69, 9.17) is 4.74 Å². The summed E-state index contributed by atoms with van der Waals surface area (Å²) in [6.07, 6.45) is 0. The number of ether oxygens (including phenoxy) is 1. The standard InChI is InChI=1S/C18H16N2O4/c1-3-24-18(21)17-15(12-7-5-4-6-8-12)13-9-11(2)10-14(20(22)23)16(13)19-17/h4-10,19H,3H2,1-2H3. The van der Waals surface area contributed by atoms with Gasteiger partial charge in [-0.2, -0.15) is 0 Å². The third-order valence-electron chi connectivity index (χ3n) is 3.77. The van der Waals surface area contributed by atoms with Gasteiger partial charge in [0.05, 0.1) is 11.5 Å². The van der Waals surface area contributed by atoms with Crippen LogP contribution in [0.1, 0.15) is 23.0 Å². The summed E-state index contributed by atoms with van der Waals surface area (Å²) in [4.78, 5) is 26.2. The lowest BCUT2D eigenvalue weighted by atomic mass is 10.00. The quantitative estimate of drug-likeness (QED) is 0.442. The highest BCUT2D eigenvalue weighted by Gasteiger charge is 2.25. The van der Waals surface area contributed by atoms with Crippen LogP contribution in [0.25, 0.3) is 22.0 Å². The van der Waals surface area contributed by atoms with Gasteiger partial charge in [-0.25, -0.2) is 4.79 Å². The van der Waals surface area contributed by atoms with Gasteiger partial charge in [-0.1, -0.05) is 30.3 Å². The molecule has 3 rings (SSSR count). The van der Waals surface area contributed by atoms with Crippen LogP contribution in [-0.2, 0) is 4.74 Å². The van der Waals surface area contributed by atoms with Crippen LogP contribution in [0.5, 0.6) is 0 Å². The minimum absolute atomic E-state index is 0.0577. The highest BCUT2D eigenvalue weighted by molar-refractivity contribution is 6.10. The second kappa shape index (κ2) is 6.16. The lowest BCUT2D eigenvalue weighted by molar-refractivity contribution is -0.383. The first-order valence-corrected chi connectivity index (χ1v) is 7.56. The number of H-pyrrole nitrogens is 1.